The Morgan fingerprint density at radius 2 is 0.797 bits per heavy atom. The number of fused-ring (bicyclic) bond motifs is 12. The van der Waals surface area contributed by atoms with E-state index in [1.54, 1.807) is 6.07 Å². The van der Waals surface area contributed by atoms with Crippen molar-refractivity contribution in [1.82, 2.24) is 9.13 Å². The molecule has 0 saturated carbocycles. The summed E-state index contributed by atoms with van der Waals surface area (Å²) in [4.78, 5) is 0. The lowest BCUT2D eigenvalue weighted by Gasteiger charge is -2.13. The molecule has 0 bridgehead atoms. The Hall–Kier alpha value is -7.05. The molecular formula is C54H31FN2S2. The number of benzene rings is 9. The van der Waals surface area contributed by atoms with Crippen LogP contribution in [0.3, 0.4) is 0 Å². The van der Waals surface area contributed by atoms with Gasteiger partial charge in [-0.3, -0.25) is 0 Å². The maximum Gasteiger partial charge on any atom is 0.149 e. The molecular weight excluding hydrogens is 760 g/mol. The lowest BCUT2D eigenvalue weighted by Crippen LogP contribution is -2.01. The Morgan fingerprint density at radius 1 is 0.339 bits per heavy atom. The van der Waals surface area contributed by atoms with E-state index in [0.717, 1.165) is 54.9 Å². The van der Waals surface area contributed by atoms with Gasteiger partial charge in [0.1, 0.15) is 5.82 Å². The largest absolute Gasteiger partial charge is 0.309 e. The van der Waals surface area contributed by atoms with Gasteiger partial charge in [-0.2, -0.15) is 0 Å². The third-order valence-electron chi connectivity index (χ3n) is 12.2. The summed E-state index contributed by atoms with van der Waals surface area (Å²) >= 11 is 3.69. The summed E-state index contributed by atoms with van der Waals surface area (Å²) in [5.41, 5.74) is 10.1. The molecule has 0 saturated heterocycles. The van der Waals surface area contributed by atoms with Crippen LogP contribution in [0.15, 0.2) is 188 Å². The summed E-state index contributed by atoms with van der Waals surface area (Å²) in [6.07, 6.45) is 0. The molecule has 5 heteroatoms. The van der Waals surface area contributed by atoms with Gasteiger partial charge >= 0.3 is 0 Å². The predicted molar refractivity (Wildman–Crippen MR) is 252 cm³/mol. The standard InChI is InChI=1S/C54H31FN2S2/c55-45-31-34(56-46-19-5-1-11-37(46)43-29-32(23-26-48(43)56)35-15-9-17-41-39-13-3-7-21-51(39)58-53(35)41)25-28-50(45)57-47-20-6-2-12-38(47)44-30-33(24-27-49(44)57)36-16-10-18-42-40-14-4-8-22-52(40)59-54(36)42/h1-31H. The molecule has 0 aliphatic rings. The first-order valence-corrected chi connectivity index (χ1v) is 21.5. The van der Waals surface area contributed by atoms with Gasteiger partial charge in [-0.05, 0) is 82.9 Å². The van der Waals surface area contributed by atoms with Crippen molar-refractivity contribution in [3.8, 4) is 33.6 Å². The third-order valence-corrected chi connectivity index (χ3v) is 14.6. The number of rotatable bonds is 4. The van der Waals surface area contributed by atoms with Crippen LogP contribution in [-0.2, 0) is 0 Å². The van der Waals surface area contributed by atoms with E-state index < -0.39 is 0 Å². The van der Waals surface area contributed by atoms with E-state index in [4.69, 9.17) is 0 Å². The fourth-order valence-corrected chi connectivity index (χ4v) is 12.1. The molecule has 13 rings (SSSR count). The van der Waals surface area contributed by atoms with E-state index >= 15 is 4.39 Å². The minimum atomic E-state index is -0.275. The summed E-state index contributed by atoms with van der Waals surface area (Å²) in [5, 5.41) is 9.63. The SMILES string of the molecule is Fc1cc(-n2c3ccccc3c3cc(-c4cccc5c4sc4ccccc45)ccc32)ccc1-n1c2ccccc2c2cc(-c3cccc4c3sc3ccccc34)ccc21. The highest BCUT2D eigenvalue weighted by molar-refractivity contribution is 7.26. The zero-order valence-electron chi connectivity index (χ0n) is 31.5. The fourth-order valence-electron chi connectivity index (χ4n) is 9.58. The van der Waals surface area contributed by atoms with E-state index in [9.17, 15) is 0 Å². The second-order valence-electron chi connectivity index (χ2n) is 15.4. The lowest BCUT2D eigenvalue weighted by molar-refractivity contribution is 0.620. The van der Waals surface area contributed by atoms with Gasteiger partial charge < -0.3 is 9.13 Å². The molecule has 9 aromatic carbocycles. The van der Waals surface area contributed by atoms with Crippen molar-refractivity contribution in [3.63, 3.8) is 0 Å². The third kappa shape index (κ3) is 4.77. The maximum atomic E-state index is 17.0. The zero-order valence-corrected chi connectivity index (χ0v) is 33.1. The summed E-state index contributed by atoms with van der Waals surface area (Å²) in [6, 6.07) is 66.4. The topological polar surface area (TPSA) is 9.86 Å². The smallest absolute Gasteiger partial charge is 0.149 e. The average Bonchev–Trinajstić information content (AvgIpc) is 4.04. The Kier molecular flexibility index (Phi) is 6.97. The molecule has 13 aromatic rings. The molecule has 0 aliphatic carbocycles. The van der Waals surface area contributed by atoms with Gasteiger partial charge in [-0.1, -0.05) is 121 Å². The highest BCUT2D eigenvalue weighted by Gasteiger charge is 2.20. The van der Waals surface area contributed by atoms with Crippen molar-refractivity contribution in [2.45, 2.75) is 0 Å². The van der Waals surface area contributed by atoms with Crippen molar-refractivity contribution in [1.29, 1.82) is 0 Å². The molecule has 276 valence electrons. The number of nitrogens with zero attached hydrogens (tertiary/aromatic N) is 2. The van der Waals surface area contributed by atoms with Crippen LogP contribution in [0.2, 0.25) is 0 Å². The number of aromatic nitrogens is 2. The van der Waals surface area contributed by atoms with Crippen LogP contribution >= 0.6 is 22.7 Å². The summed E-state index contributed by atoms with van der Waals surface area (Å²) in [7, 11) is 0. The molecule has 0 amide bonds. The molecule has 4 aromatic heterocycles. The van der Waals surface area contributed by atoms with Crippen molar-refractivity contribution in [3.05, 3.63) is 194 Å². The summed E-state index contributed by atoms with van der Waals surface area (Å²) in [5.74, 6) is -0.275. The Labute approximate surface area is 345 Å². The quantitative estimate of drug-likeness (QED) is 0.168. The van der Waals surface area contributed by atoms with Gasteiger partial charge in [0.2, 0.25) is 0 Å². The molecule has 59 heavy (non-hydrogen) atoms. The highest BCUT2D eigenvalue weighted by atomic mass is 32.1. The number of thiophene rings is 2. The van der Waals surface area contributed by atoms with E-state index in [1.807, 2.05) is 34.8 Å². The molecule has 2 nitrogen and oxygen atoms in total. The van der Waals surface area contributed by atoms with Gasteiger partial charge in [0.05, 0.1) is 27.8 Å². The average molecular weight is 791 g/mol. The van der Waals surface area contributed by atoms with Crippen molar-refractivity contribution < 1.29 is 4.39 Å². The molecule has 4 heterocycles. The van der Waals surface area contributed by atoms with Gasteiger partial charge in [0.15, 0.2) is 0 Å². The predicted octanol–water partition coefficient (Wildman–Crippen LogP) is 16.1. The first-order chi connectivity index (χ1) is 29.2. The lowest BCUT2D eigenvalue weighted by atomic mass is 10.0. The monoisotopic (exact) mass is 790 g/mol. The Morgan fingerprint density at radius 3 is 1.36 bits per heavy atom. The van der Waals surface area contributed by atoms with Crippen molar-refractivity contribution in [2.75, 3.05) is 0 Å². The van der Waals surface area contributed by atoms with Crippen LogP contribution in [0, 0.1) is 5.82 Å². The molecule has 0 aliphatic heterocycles. The fraction of sp³-hybridized carbons (Fsp3) is 0. The number of halogens is 1. The number of hydrogen-bond donors (Lipinski definition) is 0. The minimum Gasteiger partial charge on any atom is -0.309 e. The van der Waals surface area contributed by atoms with Crippen molar-refractivity contribution in [2.24, 2.45) is 0 Å². The Balaban J connectivity index is 0.951. The second kappa shape index (κ2) is 12.5. The zero-order chi connectivity index (χ0) is 38.8. The highest BCUT2D eigenvalue weighted by Crippen LogP contribution is 2.44. The van der Waals surface area contributed by atoms with E-state index in [0.29, 0.717) is 5.69 Å². The van der Waals surface area contributed by atoms with Crippen LogP contribution in [0.4, 0.5) is 4.39 Å². The van der Waals surface area contributed by atoms with Crippen LogP contribution in [0.1, 0.15) is 0 Å². The van der Waals surface area contributed by atoms with Crippen LogP contribution in [0.25, 0.3) is 118 Å². The van der Waals surface area contributed by atoms with E-state index in [2.05, 4.69) is 179 Å². The van der Waals surface area contributed by atoms with Crippen LogP contribution in [0.5, 0.6) is 0 Å². The molecule has 0 unspecified atom stereocenters. The van der Waals surface area contributed by atoms with Gasteiger partial charge in [-0.25, -0.2) is 4.39 Å². The van der Waals surface area contributed by atoms with E-state index in [1.165, 1.54) is 57.0 Å². The summed E-state index contributed by atoms with van der Waals surface area (Å²) < 4.78 is 26.4. The molecule has 0 spiro atoms. The minimum absolute atomic E-state index is 0.275. The normalized spacial score (nSPS) is 12.2. The maximum absolute atomic E-state index is 17.0. The number of para-hydroxylation sites is 2. The summed E-state index contributed by atoms with van der Waals surface area (Å²) in [6.45, 7) is 0. The van der Waals surface area contributed by atoms with Gasteiger partial charge in [0, 0.05) is 73.6 Å². The molecule has 0 radical (unpaired) electrons. The van der Waals surface area contributed by atoms with Gasteiger partial charge in [-0.15, -0.1) is 22.7 Å². The molecule has 0 N–H and O–H groups in total. The Bertz CT molecular complexity index is 3880. The van der Waals surface area contributed by atoms with Crippen molar-refractivity contribution >= 4 is 107 Å². The van der Waals surface area contributed by atoms with Gasteiger partial charge in [0.25, 0.3) is 0 Å². The first kappa shape index (κ1) is 33.0. The molecule has 0 atom stereocenters. The first-order valence-electron chi connectivity index (χ1n) is 19.9. The second-order valence-corrected chi connectivity index (χ2v) is 17.5. The van der Waals surface area contributed by atoms with E-state index in [-0.39, 0.29) is 5.82 Å². The van der Waals surface area contributed by atoms with Crippen LogP contribution < -0.4 is 0 Å². The van der Waals surface area contributed by atoms with Crippen LogP contribution in [-0.4, -0.2) is 9.13 Å². The molecule has 0 fully saturated rings. The number of hydrogen-bond acceptors (Lipinski definition) is 2.